The minimum Gasteiger partial charge on any atom is -0.477 e. The zero-order valence-corrected chi connectivity index (χ0v) is 12.9. The number of hydrogen-bond acceptors (Lipinski definition) is 3. The molecule has 0 saturated heterocycles. The lowest BCUT2D eigenvalue weighted by Crippen LogP contribution is -2.46. The van der Waals surface area contributed by atoms with Crippen molar-refractivity contribution in [1.29, 1.82) is 0 Å². The number of fused-ring (bicyclic) bond motifs is 2. The molecule has 2 atom stereocenters. The van der Waals surface area contributed by atoms with Crippen LogP contribution < -0.4 is 10.1 Å². The number of halogens is 1. The van der Waals surface area contributed by atoms with Gasteiger partial charge in [-0.25, -0.2) is 9.37 Å². The highest BCUT2D eigenvalue weighted by atomic mass is 19.1. The van der Waals surface area contributed by atoms with Crippen LogP contribution in [0.3, 0.4) is 0 Å². The van der Waals surface area contributed by atoms with Gasteiger partial charge >= 0.3 is 0 Å². The van der Waals surface area contributed by atoms with Gasteiger partial charge in [-0.3, -0.25) is 4.79 Å². The van der Waals surface area contributed by atoms with Crippen LogP contribution in [0.5, 0.6) is 5.75 Å². The highest BCUT2D eigenvalue weighted by molar-refractivity contribution is 5.82. The molecule has 23 heavy (non-hydrogen) atoms. The third-order valence-electron chi connectivity index (χ3n) is 4.47. The van der Waals surface area contributed by atoms with Crippen LogP contribution in [0, 0.1) is 12.7 Å². The number of rotatable bonds is 2. The standard InChI is InChI=1S/C17H18FN3O2/c1-10-8-21-9-12(5-6-15(21)19-10)20-17(22)14-7-11-3-2-4-13(18)16(11)23-14/h2-4,8,12,14H,5-7,9H2,1H3,(H,20,22)/t12-,14-/m0/s1. The first-order valence-corrected chi connectivity index (χ1v) is 7.87. The predicted octanol–water partition coefficient (Wildman–Crippen LogP) is 1.77. The van der Waals surface area contributed by atoms with E-state index in [-0.39, 0.29) is 17.7 Å². The lowest BCUT2D eigenvalue weighted by Gasteiger charge is -2.25. The lowest BCUT2D eigenvalue weighted by molar-refractivity contribution is -0.128. The second kappa shape index (κ2) is 5.37. The second-order valence-electron chi connectivity index (χ2n) is 6.23. The summed E-state index contributed by atoms with van der Waals surface area (Å²) in [6.07, 6.45) is 3.48. The van der Waals surface area contributed by atoms with Crippen LogP contribution in [0.2, 0.25) is 0 Å². The number of nitrogens with one attached hydrogen (secondary N) is 1. The summed E-state index contributed by atoms with van der Waals surface area (Å²) < 4.78 is 21.3. The van der Waals surface area contributed by atoms with E-state index >= 15 is 0 Å². The number of benzene rings is 1. The summed E-state index contributed by atoms with van der Waals surface area (Å²) in [7, 11) is 0. The maximum Gasteiger partial charge on any atom is 0.261 e. The number of amides is 1. The highest BCUT2D eigenvalue weighted by Crippen LogP contribution is 2.31. The number of aryl methyl sites for hydroxylation is 2. The van der Waals surface area contributed by atoms with Crippen LogP contribution in [0.4, 0.5) is 4.39 Å². The molecule has 4 rings (SSSR count). The summed E-state index contributed by atoms with van der Waals surface area (Å²) in [6.45, 7) is 2.69. The molecular weight excluding hydrogens is 297 g/mol. The van der Waals surface area contributed by atoms with Gasteiger partial charge in [0.25, 0.3) is 5.91 Å². The van der Waals surface area contributed by atoms with E-state index in [1.807, 2.05) is 13.1 Å². The van der Waals surface area contributed by atoms with Crippen molar-refractivity contribution in [1.82, 2.24) is 14.9 Å². The van der Waals surface area contributed by atoms with Gasteiger partial charge in [0.2, 0.25) is 0 Å². The van der Waals surface area contributed by atoms with Gasteiger partial charge in [-0.15, -0.1) is 0 Å². The van der Waals surface area contributed by atoms with Gasteiger partial charge in [-0.2, -0.15) is 0 Å². The Morgan fingerprint density at radius 1 is 1.48 bits per heavy atom. The van der Waals surface area contributed by atoms with Crippen LogP contribution in [-0.2, 0) is 24.2 Å². The van der Waals surface area contributed by atoms with Gasteiger partial charge in [0.05, 0.1) is 5.69 Å². The topological polar surface area (TPSA) is 56.2 Å². The van der Waals surface area contributed by atoms with Crippen LogP contribution >= 0.6 is 0 Å². The molecule has 0 spiro atoms. The Kier molecular flexibility index (Phi) is 3.32. The van der Waals surface area contributed by atoms with Crippen LogP contribution in [-0.4, -0.2) is 27.6 Å². The first-order valence-electron chi connectivity index (χ1n) is 7.87. The third kappa shape index (κ3) is 2.58. The number of para-hydroxylation sites is 1. The number of carbonyl (C=O) groups is 1. The fourth-order valence-corrected chi connectivity index (χ4v) is 3.37. The first kappa shape index (κ1) is 14.2. The third-order valence-corrected chi connectivity index (χ3v) is 4.47. The Morgan fingerprint density at radius 2 is 2.35 bits per heavy atom. The summed E-state index contributed by atoms with van der Waals surface area (Å²) in [5, 5.41) is 3.03. The van der Waals surface area contributed by atoms with E-state index in [0.29, 0.717) is 6.42 Å². The quantitative estimate of drug-likeness (QED) is 0.919. The van der Waals surface area contributed by atoms with E-state index in [4.69, 9.17) is 4.74 Å². The maximum absolute atomic E-state index is 13.7. The Bertz CT molecular complexity index is 771. The molecule has 2 aliphatic heterocycles. The van der Waals surface area contributed by atoms with Crippen molar-refractivity contribution in [3.8, 4) is 5.75 Å². The molecule has 1 amide bonds. The van der Waals surface area contributed by atoms with Crippen LogP contribution in [0.25, 0.3) is 0 Å². The number of ether oxygens (including phenoxy) is 1. The molecule has 1 aromatic heterocycles. The number of carbonyl (C=O) groups excluding carboxylic acids is 1. The molecule has 120 valence electrons. The fourth-order valence-electron chi connectivity index (χ4n) is 3.37. The van der Waals surface area contributed by atoms with Gasteiger partial charge in [0.15, 0.2) is 17.7 Å². The fraction of sp³-hybridized carbons (Fsp3) is 0.412. The zero-order chi connectivity index (χ0) is 16.0. The average Bonchev–Trinajstić information content (AvgIpc) is 3.10. The first-order chi connectivity index (χ1) is 11.1. The van der Waals surface area contributed by atoms with Crippen molar-refractivity contribution in [2.24, 2.45) is 0 Å². The Morgan fingerprint density at radius 3 is 3.17 bits per heavy atom. The Labute approximate surface area is 133 Å². The summed E-state index contributed by atoms with van der Waals surface area (Å²) in [6, 6.07) is 4.85. The minimum atomic E-state index is -0.646. The molecule has 2 aromatic rings. The number of hydrogen-bond donors (Lipinski definition) is 1. The smallest absolute Gasteiger partial charge is 0.261 e. The SMILES string of the molecule is Cc1cn2c(n1)CC[C@H](NC(=O)[C@@H]1Cc3cccc(F)c3O1)C2. The summed E-state index contributed by atoms with van der Waals surface area (Å²) in [5.41, 5.74) is 1.75. The second-order valence-corrected chi connectivity index (χ2v) is 6.23. The van der Waals surface area contributed by atoms with Crippen molar-refractivity contribution in [2.75, 3.05) is 0 Å². The molecule has 1 N–H and O–H groups in total. The van der Waals surface area contributed by atoms with Crippen molar-refractivity contribution in [2.45, 2.75) is 44.9 Å². The molecule has 0 fully saturated rings. The zero-order valence-electron chi connectivity index (χ0n) is 12.9. The average molecular weight is 315 g/mol. The van der Waals surface area contributed by atoms with Gasteiger partial charge in [-0.05, 0) is 19.4 Å². The van der Waals surface area contributed by atoms with Crippen molar-refractivity contribution < 1.29 is 13.9 Å². The predicted molar refractivity (Wildman–Crippen MR) is 81.7 cm³/mol. The molecule has 1 aromatic carbocycles. The monoisotopic (exact) mass is 315 g/mol. The lowest BCUT2D eigenvalue weighted by atomic mass is 10.1. The minimum absolute atomic E-state index is 0.0563. The number of nitrogens with zero attached hydrogens (tertiary/aromatic N) is 2. The van der Waals surface area contributed by atoms with E-state index in [1.54, 1.807) is 12.1 Å². The van der Waals surface area contributed by atoms with Crippen molar-refractivity contribution in [3.05, 3.63) is 47.3 Å². The highest BCUT2D eigenvalue weighted by Gasteiger charge is 2.32. The molecule has 0 bridgehead atoms. The van der Waals surface area contributed by atoms with Gasteiger partial charge in [0.1, 0.15) is 5.82 Å². The maximum atomic E-state index is 13.7. The Hall–Kier alpha value is -2.37. The molecule has 5 nitrogen and oxygen atoms in total. The molecule has 2 aliphatic rings. The largest absolute Gasteiger partial charge is 0.477 e. The summed E-state index contributed by atoms with van der Waals surface area (Å²) >= 11 is 0. The van der Waals surface area contributed by atoms with E-state index in [0.717, 1.165) is 36.5 Å². The van der Waals surface area contributed by atoms with E-state index in [2.05, 4.69) is 14.9 Å². The molecule has 0 aliphatic carbocycles. The van der Waals surface area contributed by atoms with Crippen LogP contribution in [0.1, 0.15) is 23.5 Å². The number of aromatic nitrogens is 2. The summed E-state index contributed by atoms with van der Waals surface area (Å²) in [5.74, 6) is 0.697. The van der Waals surface area contributed by atoms with Gasteiger partial charge < -0.3 is 14.6 Å². The van der Waals surface area contributed by atoms with E-state index in [1.165, 1.54) is 6.07 Å². The van der Waals surface area contributed by atoms with Crippen molar-refractivity contribution in [3.63, 3.8) is 0 Å². The summed E-state index contributed by atoms with van der Waals surface area (Å²) in [4.78, 5) is 16.9. The normalized spacial score (nSPS) is 22.2. The molecule has 3 heterocycles. The molecule has 6 heteroatoms. The van der Waals surface area contributed by atoms with E-state index < -0.39 is 11.9 Å². The Balaban J connectivity index is 1.41. The molecule has 0 saturated carbocycles. The van der Waals surface area contributed by atoms with Gasteiger partial charge in [0, 0.05) is 37.2 Å². The van der Waals surface area contributed by atoms with E-state index in [9.17, 15) is 9.18 Å². The molecular formula is C17H18FN3O2. The van der Waals surface area contributed by atoms with Crippen LogP contribution in [0.15, 0.2) is 24.4 Å². The molecule has 0 radical (unpaired) electrons. The molecule has 0 unspecified atom stereocenters. The van der Waals surface area contributed by atoms with Crippen molar-refractivity contribution >= 4 is 5.91 Å². The number of imidazole rings is 1. The van der Waals surface area contributed by atoms with Gasteiger partial charge in [-0.1, -0.05) is 12.1 Å².